The van der Waals surface area contributed by atoms with Gasteiger partial charge < -0.3 is 25.6 Å². The Labute approximate surface area is 236 Å². The molecule has 0 radical (unpaired) electrons. The van der Waals surface area contributed by atoms with Crippen LogP contribution >= 0.6 is 0 Å². The highest BCUT2D eigenvalue weighted by Gasteiger charge is 2.42. The summed E-state index contributed by atoms with van der Waals surface area (Å²) in [4.78, 5) is 27.3. The van der Waals surface area contributed by atoms with Gasteiger partial charge in [0.05, 0.1) is 31.9 Å². The highest BCUT2D eigenvalue weighted by molar-refractivity contribution is 6.04. The number of unbranched alkanes of at least 4 members (excludes halogenated alkanes) is 1. The number of carbonyl (C=O) groups excluding carboxylic acids is 2. The zero-order valence-corrected chi connectivity index (χ0v) is 23.1. The number of amides is 2. The minimum Gasteiger partial charge on any atom is -0.394 e. The summed E-state index contributed by atoms with van der Waals surface area (Å²) in [6.07, 6.45) is 3.28. The van der Waals surface area contributed by atoms with Crippen LogP contribution in [0, 0.1) is 5.41 Å². The van der Waals surface area contributed by atoms with E-state index in [-0.39, 0.29) is 19.6 Å². The van der Waals surface area contributed by atoms with E-state index >= 15 is 0 Å². The minimum atomic E-state index is -1.44. The van der Waals surface area contributed by atoms with Gasteiger partial charge in [0.2, 0.25) is 11.8 Å². The Kier molecular flexibility index (Phi) is 12.1. The quantitative estimate of drug-likeness (QED) is 0.154. The fourth-order valence-electron chi connectivity index (χ4n) is 4.43. The third-order valence-electron chi connectivity index (χ3n) is 7.08. The summed E-state index contributed by atoms with van der Waals surface area (Å²) in [6.45, 7) is 5.71. The number of aliphatic hydroxyl groups excluding tert-OH is 2. The van der Waals surface area contributed by atoms with E-state index < -0.39 is 29.3 Å². The van der Waals surface area contributed by atoms with E-state index in [9.17, 15) is 19.8 Å². The van der Waals surface area contributed by atoms with Gasteiger partial charge in [0.1, 0.15) is 5.41 Å². The van der Waals surface area contributed by atoms with E-state index in [1.807, 2.05) is 84.9 Å². The first-order valence-electron chi connectivity index (χ1n) is 13.6. The summed E-state index contributed by atoms with van der Waals surface area (Å²) in [5.74, 6) is -0.971. The molecule has 7 heteroatoms. The average Bonchev–Trinajstić information content (AvgIpc) is 3.01. The largest absolute Gasteiger partial charge is 0.394 e. The lowest BCUT2D eigenvalue weighted by molar-refractivity contribution is -0.144. The van der Waals surface area contributed by atoms with Crippen LogP contribution in [0.3, 0.4) is 0 Å². The molecule has 3 aromatic carbocycles. The highest BCUT2D eigenvalue weighted by Crippen LogP contribution is 2.28. The number of ether oxygens (including phenoxy) is 1. The predicted octanol–water partition coefficient (Wildman–Crippen LogP) is 4.72. The van der Waals surface area contributed by atoms with Crippen molar-refractivity contribution < 1.29 is 24.5 Å². The van der Waals surface area contributed by atoms with Crippen molar-refractivity contribution >= 4 is 17.9 Å². The van der Waals surface area contributed by atoms with Crippen molar-refractivity contribution in [1.29, 1.82) is 0 Å². The summed E-state index contributed by atoms with van der Waals surface area (Å²) in [6, 6.07) is 25.0. The van der Waals surface area contributed by atoms with Gasteiger partial charge in [-0.3, -0.25) is 9.59 Å². The van der Waals surface area contributed by atoms with E-state index in [0.717, 1.165) is 22.3 Å². The van der Waals surface area contributed by atoms with Crippen molar-refractivity contribution in [2.24, 2.45) is 5.41 Å². The molecule has 0 aromatic heterocycles. The molecule has 0 unspecified atom stereocenters. The van der Waals surface area contributed by atoms with Gasteiger partial charge in [0.25, 0.3) is 0 Å². The van der Waals surface area contributed by atoms with Gasteiger partial charge in [-0.15, -0.1) is 0 Å². The normalized spacial score (nSPS) is 12.8. The van der Waals surface area contributed by atoms with Crippen LogP contribution in [0.1, 0.15) is 60.5 Å². The second-order valence-electron chi connectivity index (χ2n) is 10.0. The molecule has 7 nitrogen and oxygen atoms in total. The Bertz CT molecular complexity index is 1140. The van der Waals surface area contributed by atoms with Crippen molar-refractivity contribution in [2.45, 2.75) is 44.9 Å². The van der Waals surface area contributed by atoms with Gasteiger partial charge in [-0.2, -0.15) is 0 Å². The SMILES string of the molecule is C=Cc1ccc(COCCCCC(C)(C(=O)N[C@H](CO)c2ccccc2)C(=O)N[C@H](CO)c2ccccc2)cc1. The molecule has 4 N–H and O–H groups in total. The van der Waals surface area contributed by atoms with E-state index in [2.05, 4.69) is 17.2 Å². The predicted molar refractivity (Wildman–Crippen MR) is 157 cm³/mol. The molecule has 0 fully saturated rings. The Hall–Kier alpha value is -3.78. The lowest BCUT2D eigenvalue weighted by Crippen LogP contribution is -2.51. The van der Waals surface area contributed by atoms with Crippen molar-refractivity contribution in [2.75, 3.05) is 19.8 Å². The fourth-order valence-corrected chi connectivity index (χ4v) is 4.43. The van der Waals surface area contributed by atoms with Crippen LogP contribution in [0.15, 0.2) is 91.5 Å². The summed E-state index contributed by atoms with van der Waals surface area (Å²) in [5.41, 5.74) is 2.15. The molecule has 40 heavy (non-hydrogen) atoms. The summed E-state index contributed by atoms with van der Waals surface area (Å²) in [5, 5.41) is 25.7. The van der Waals surface area contributed by atoms with E-state index in [4.69, 9.17) is 4.74 Å². The number of carbonyl (C=O) groups is 2. The lowest BCUT2D eigenvalue weighted by Gasteiger charge is -2.31. The molecule has 0 aliphatic carbocycles. The fraction of sp³-hybridized carbons (Fsp3) is 0.333. The Morgan fingerprint density at radius 2 is 1.32 bits per heavy atom. The number of rotatable bonds is 16. The Morgan fingerprint density at radius 3 is 1.77 bits per heavy atom. The van der Waals surface area contributed by atoms with Gasteiger partial charge in [-0.25, -0.2) is 0 Å². The Morgan fingerprint density at radius 1 is 0.825 bits per heavy atom. The van der Waals surface area contributed by atoms with Gasteiger partial charge in [-0.1, -0.05) is 97.6 Å². The maximum atomic E-state index is 13.6. The van der Waals surface area contributed by atoms with E-state index in [1.165, 1.54) is 0 Å². The first-order chi connectivity index (χ1) is 19.4. The molecule has 0 heterocycles. The molecule has 0 saturated heterocycles. The first kappa shape index (κ1) is 30.8. The summed E-state index contributed by atoms with van der Waals surface area (Å²) >= 11 is 0. The monoisotopic (exact) mass is 544 g/mol. The Balaban J connectivity index is 1.66. The third-order valence-corrected chi connectivity index (χ3v) is 7.08. The second kappa shape index (κ2) is 15.7. The molecule has 0 aliphatic heterocycles. The summed E-state index contributed by atoms with van der Waals surface area (Å²) in [7, 11) is 0. The molecule has 2 amide bonds. The number of nitrogens with one attached hydrogen (secondary N) is 2. The molecule has 0 aliphatic rings. The van der Waals surface area contributed by atoms with Crippen LogP contribution < -0.4 is 10.6 Å². The van der Waals surface area contributed by atoms with Gasteiger partial charge >= 0.3 is 0 Å². The highest BCUT2D eigenvalue weighted by atomic mass is 16.5. The molecular formula is C33H40N2O5. The van der Waals surface area contributed by atoms with E-state index in [1.54, 1.807) is 13.0 Å². The average molecular weight is 545 g/mol. The van der Waals surface area contributed by atoms with Crippen molar-refractivity contribution in [3.05, 3.63) is 114 Å². The lowest BCUT2D eigenvalue weighted by atomic mass is 9.81. The second-order valence-corrected chi connectivity index (χ2v) is 10.0. The first-order valence-corrected chi connectivity index (χ1v) is 13.6. The van der Waals surface area contributed by atoms with Gasteiger partial charge in [-0.05, 0) is 48.4 Å². The molecule has 3 rings (SSSR count). The van der Waals surface area contributed by atoms with Gasteiger partial charge in [0, 0.05) is 6.61 Å². The molecule has 2 atom stereocenters. The standard InChI is InChI=1S/C33H40N2O5/c1-3-25-16-18-26(19-17-25)24-40-21-11-10-20-33(2,31(38)34-29(22-36)27-12-6-4-7-13-27)32(39)35-30(23-37)28-14-8-5-9-15-28/h3-9,12-19,29-30,36-37H,1,10-11,20-24H2,2H3,(H,34,38)(H,35,39)/t29-,30-/m1/s1. The van der Waals surface area contributed by atoms with Crippen LogP contribution in [0.4, 0.5) is 0 Å². The van der Waals surface area contributed by atoms with Crippen LogP contribution in [-0.2, 0) is 20.9 Å². The molecule has 0 saturated carbocycles. The number of benzene rings is 3. The smallest absolute Gasteiger partial charge is 0.235 e. The number of aliphatic hydroxyl groups is 2. The number of hydrogen-bond acceptors (Lipinski definition) is 5. The van der Waals surface area contributed by atoms with Crippen LogP contribution in [0.25, 0.3) is 6.08 Å². The molecule has 212 valence electrons. The zero-order valence-electron chi connectivity index (χ0n) is 23.1. The van der Waals surface area contributed by atoms with Crippen molar-refractivity contribution in [3.8, 4) is 0 Å². The maximum Gasteiger partial charge on any atom is 0.235 e. The van der Waals surface area contributed by atoms with Crippen LogP contribution in [0.5, 0.6) is 0 Å². The summed E-state index contributed by atoms with van der Waals surface area (Å²) < 4.78 is 5.82. The number of hydrogen-bond donors (Lipinski definition) is 4. The van der Waals surface area contributed by atoms with Crippen LogP contribution in [0.2, 0.25) is 0 Å². The van der Waals surface area contributed by atoms with Gasteiger partial charge in [0.15, 0.2) is 0 Å². The van der Waals surface area contributed by atoms with Crippen molar-refractivity contribution in [3.63, 3.8) is 0 Å². The third kappa shape index (κ3) is 8.61. The van der Waals surface area contributed by atoms with Crippen molar-refractivity contribution in [1.82, 2.24) is 10.6 Å². The molecule has 0 spiro atoms. The van der Waals surface area contributed by atoms with Crippen LogP contribution in [-0.4, -0.2) is 41.8 Å². The molecule has 3 aromatic rings. The molecular weight excluding hydrogens is 504 g/mol. The zero-order chi connectivity index (χ0) is 28.8. The minimum absolute atomic E-state index is 0.266. The topological polar surface area (TPSA) is 108 Å². The maximum absolute atomic E-state index is 13.6. The molecule has 0 bridgehead atoms. The van der Waals surface area contributed by atoms with E-state index in [0.29, 0.717) is 26.1 Å².